The largest absolute Gasteiger partial charge is 0.471 e. The van der Waals surface area contributed by atoms with Gasteiger partial charge >= 0.3 is 18.1 Å². The number of unbranched alkanes of at least 4 members (excludes halogenated alkanes) is 2. The number of carbonyl (C=O) groups excluding carboxylic acids is 2. The Balaban J connectivity index is 3.82. The van der Waals surface area contributed by atoms with Gasteiger partial charge in [-0.2, -0.15) is 13.2 Å². The number of rotatable bonds is 10. The molecule has 0 aromatic carbocycles. The number of hydrogen-bond donors (Lipinski definition) is 2. The van der Waals surface area contributed by atoms with E-state index in [0.717, 1.165) is 12.8 Å². The second kappa shape index (κ2) is 10.7. The number of nitrogens with one attached hydrogen (secondary N) is 2. The van der Waals surface area contributed by atoms with Crippen LogP contribution in [0, 0.1) is 0 Å². The van der Waals surface area contributed by atoms with E-state index in [1.165, 1.54) is 0 Å². The SMILES string of the molecule is CCCCOC(=O)C(CCCCNC(=O)C(F)(F)F)NCl. The minimum Gasteiger partial charge on any atom is -0.464 e. The molecular weight excluding hydrogens is 313 g/mol. The fraction of sp³-hybridized carbons (Fsp3) is 0.833. The topological polar surface area (TPSA) is 67.4 Å². The van der Waals surface area contributed by atoms with Gasteiger partial charge in [0.1, 0.15) is 6.04 Å². The summed E-state index contributed by atoms with van der Waals surface area (Å²) in [5, 5.41) is 1.75. The van der Waals surface area contributed by atoms with E-state index >= 15 is 0 Å². The van der Waals surface area contributed by atoms with E-state index < -0.39 is 24.1 Å². The van der Waals surface area contributed by atoms with Crippen LogP contribution in [0.1, 0.15) is 39.0 Å². The molecule has 2 N–H and O–H groups in total. The highest BCUT2D eigenvalue weighted by atomic mass is 35.5. The van der Waals surface area contributed by atoms with Gasteiger partial charge in [-0.25, -0.2) is 4.84 Å². The second-order valence-electron chi connectivity index (χ2n) is 4.43. The molecule has 0 rings (SSSR count). The predicted octanol–water partition coefficient (Wildman–Crippen LogP) is 2.29. The van der Waals surface area contributed by atoms with Gasteiger partial charge in [-0.15, -0.1) is 0 Å². The Morgan fingerprint density at radius 1 is 1.24 bits per heavy atom. The fourth-order valence-corrected chi connectivity index (χ4v) is 1.61. The van der Waals surface area contributed by atoms with E-state index in [-0.39, 0.29) is 6.54 Å². The molecule has 9 heteroatoms. The number of carbonyl (C=O) groups is 2. The average Bonchev–Trinajstić information content (AvgIpc) is 2.41. The van der Waals surface area contributed by atoms with Crippen molar-refractivity contribution < 1.29 is 27.5 Å². The van der Waals surface area contributed by atoms with Gasteiger partial charge in [-0.3, -0.25) is 9.59 Å². The van der Waals surface area contributed by atoms with E-state index in [1.54, 1.807) is 5.32 Å². The predicted molar refractivity (Wildman–Crippen MR) is 71.6 cm³/mol. The number of ether oxygens (including phenoxy) is 1. The number of hydrogen-bond acceptors (Lipinski definition) is 4. The van der Waals surface area contributed by atoms with Crippen LogP contribution in [0.25, 0.3) is 0 Å². The molecule has 0 aromatic rings. The zero-order valence-electron chi connectivity index (χ0n) is 11.8. The lowest BCUT2D eigenvalue weighted by molar-refractivity contribution is -0.173. The van der Waals surface area contributed by atoms with Crippen LogP contribution in [-0.2, 0) is 14.3 Å². The van der Waals surface area contributed by atoms with E-state index in [1.807, 2.05) is 6.92 Å². The van der Waals surface area contributed by atoms with Crippen molar-refractivity contribution in [3.8, 4) is 0 Å². The van der Waals surface area contributed by atoms with E-state index in [4.69, 9.17) is 16.5 Å². The van der Waals surface area contributed by atoms with Crippen molar-refractivity contribution in [2.75, 3.05) is 13.2 Å². The Bertz CT molecular complexity index is 327. The normalized spacial score (nSPS) is 12.8. The van der Waals surface area contributed by atoms with Crippen molar-refractivity contribution in [2.24, 2.45) is 0 Å². The first kappa shape index (κ1) is 20.0. The Kier molecular flexibility index (Phi) is 10.2. The van der Waals surface area contributed by atoms with Gasteiger partial charge < -0.3 is 10.1 Å². The highest BCUT2D eigenvalue weighted by molar-refractivity contribution is 6.14. The van der Waals surface area contributed by atoms with Crippen LogP contribution in [0.2, 0.25) is 0 Å². The Morgan fingerprint density at radius 2 is 1.90 bits per heavy atom. The molecule has 0 spiro atoms. The van der Waals surface area contributed by atoms with Gasteiger partial charge in [-0.1, -0.05) is 13.3 Å². The van der Waals surface area contributed by atoms with Gasteiger partial charge in [0, 0.05) is 6.54 Å². The maximum Gasteiger partial charge on any atom is 0.471 e. The summed E-state index contributed by atoms with van der Waals surface area (Å²) in [4.78, 5) is 24.4. The van der Waals surface area contributed by atoms with Crippen LogP contribution in [0.5, 0.6) is 0 Å². The monoisotopic (exact) mass is 332 g/mol. The highest BCUT2D eigenvalue weighted by Gasteiger charge is 2.38. The van der Waals surface area contributed by atoms with Gasteiger partial charge in [0.25, 0.3) is 0 Å². The summed E-state index contributed by atoms with van der Waals surface area (Å²) in [6, 6.07) is -0.707. The van der Waals surface area contributed by atoms with Crippen molar-refractivity contribution in [1.29, 1.82) is 0 Å². The molecule has 0 heterocycles. The Hall–Kier alpha value is -1.02. The number of halogens is 4. The average molecular weight is 333 g/mol. The fourth-order valence-electron chi connectivity index (χ4n) is 1.41. The maximum atomic E-state index is 11.9. The second-order valence-corrected chi connectivity index (χ2v) is 4.65. The molecule has 0 fully saturated rings. The van der Waals surface area contributed by atoms with Crippen LogP contribution in [0.15, 0.2) is 0 Å². The van der Waals surface area contributed by atoms with E-state index in [2.05, 4.69) is 4.84 Å². The summed E-state index contributed by atoms with van der Waals surface area (Å²) in [5.41, 5.74) is 0. The van der Waals surface area contributed by atoms with Gasteiger partial charge in [-0.05, 0) is 37.5 Å². The van der Waals surface area contributed by atoms with Crippen LogP contribution in [-0.4, -0.2) is 37.2 Å². The standard InChI is InChI=1S/C12H20ClF3N2O3/c1-2-3-8-21-10(19)9(18-13)6-4-5-7-17-11(20)12(14,15)16/h9,18H,2-8H2,1H3,(H,17,20). The third kappa shape index (κ3) is 9.52. The lowest BCUT2D eigenvalue weighted by Crippen LogP contribution is -2.37. The summed E-state index contributed by atoms with van der Waals surface area (Å²) >= 11 is 5.43. The van der Waals surface area contributed by atoms with Crippen LogP contribution < -0.4 is 10.2 Å². The first-order valence-electron chi connectivity index (χ1n) is 6.70. The zero-order chi connectivity index (χ0) is 16.3. The molecule has 0 saturated heterocycles. The third-order valence-corrected chi connectivity index (χ3v) is 2.88. The minimum atomic E-state index is -4.87. The van der Waals surface area contributed by atoms with Crippen molar-refractivity contribution in [3.05, 3.63) is 0 Å². The lowest BCUT2D eigenvalue weighted by atomic mass is 10.1. The molecule has 0 aromatic heterocycles. The Labute approximate surface area is 126 Å². The van der Waals surface area contributed by atoms with Crippen molar-refractivity contribution >= 4 is 23.7 Å². The molecule has 0 saturated carbocycles. The third-order valence-electron chi connectivity index (χ3n) is 2.62. The highest BCUT2D eigenvalue weighted by Crippen LogP contribution is 2.14. The molecular formula is C12H20ClF3N2O3. The molecule has 1 atom stereocenters. The van der Waals surface area contributed by atoms with Crippen molar-refractivity contribution in [1.82, 2.24) is 10.2 Å². The van der Waals surface area contributed by atoms with Gasteiger partial charge in [0.05, 0.1) is 6.61 Å². The summed E-state index contributed by atoms with van der Waals surface area (Å²) in [7, 11) is 0. The number of alkyl halides is 3. The number of esters is 1. The summed E-state index contributed by atoms with van der Waals surface area (Å²) < 4.78 is 40.7. The molecule has 0 radical (unpaired) electrons. The first-order chi connectivity index (χ1) is 9.82. The Morgan fingerprint density at radius 3 is 2.43 bits per heavy atom. The van der Waals surface area contributed by atoms with E-state index in [9.17, 15) is 22.8 Å². The van der Waals surface area contributed by atoms with Crippen molar-refractivity contribution in [3.63, 3.8) is 0 Å². The van der Waals surface area contributed by atoms with Gasteiger partial charge in [0.2, 0.25) is 0 Å². The summed E-state index contributed by atoms with van der Waals surface area (Å²) in [6.45, 7) is 2.16. The quantitative estimate of drug-likeness (QED) is 0.366. The smallest absolute Gasteiger partial charge is 0.464 e. The van der Waals surface area contributed by atoms with E-state index in [0.29, 0.717) is 25.9 Å². The molecule has 0 aliphatic carbocycles. The minimum absolute atomic E-state index is 0.113. The molecule has 21 heavy (non-hydrogen) atoms. The maximum absolute atomic E-state index is 11.9. The summed E-state index contributed by atoms with van der Waals surface area (Å²) in [6.07, 6.45) is -2.18. The molecule has 1 unspecified atom stereocenters. The molecule has 124 valence electrons. The molecule has 5 nitrogen and oxygen atoms in total. The van der Waals surface area contributed by atoms with Crippen molar-refractivity contribution in [2.45, 2.75) is 51.2 Å². The number of amides is 1. The molecule has 0 aliphatic heterocycles. The zero-order valence-corrected chi connectivity index (χ0v) is 12.5. The molecule has 0 bridgehead atoms. The molecule has 0 aliphatic rings. The van der Waals surface area contributed by atoms with Crippen LogP contribution >= 0.6 is 11.8 Å². The van der Waals surface area contributed by atoms with Crippen LogP contribution in [0.4, 0.5) is 13.2 Å². The molecule has 1 amide bonds. The van der Waals surface area contributed by atoms with Crippen LogP contribution in [0.3, 0.4) is 0 Å². The lowest BCUT2D eigenvalue weighted by Gasteiger charge is -2.14. The van der Waals surface area contributed by atoms with Gasteiger partial charge in [0.15, 0.2) is 0 Å². The first-order valence-corrected chi connectivity index (χ1v) is 7.08. The summed E-state index contributed by atoms with van der Waals surface area (Å²) in [5.74, 6) is -2.45.